The second-order valence-electron chi connectivity index (χ2n) is 6.82. The van der Waals surface area contributed by atoms with Crippen molar-refractivity contribution in [3.63, 3.8) is 0 Å². The average molecular weight is 259 g/mol. The Morgan fingerprint density at radius 1 is 1.11 bits per heavy atom. The molecule has 0 saturated heterocycles. The van der Waals surface area contributed by atoms with E-state index in [1.165, 1.54) is 48.8 Å². The Morgan fingerprint density at radius 3 is 2.42 bits per heavy atom. The Balaban J connectivity index is 1.93. The predicted octanol–water partition coefficient (Wildman–Crippen LogP) is 4.92. The molecule has 0 radical (unpaired) electrons. The molecule has 1 heteroatoms. The summed E-state index contributed by atoms with van der Waals surface area (Å²) in [6.45, 7) is 10.3. The fourth-order valence-corrected chi connectivity index (χ4v) is 3.13. The molecule has 0 aliphatic heterocycles. The molecule has 0 bridgehead atoms. The lowest BCUT2D eigenvalue weighted by atomic mass is 9.75. The van der Waals surface area contributed by atoms with Crippen molar-refractivity contribution < 1.29 is 0 Å². The molecular weight excluding hydrogens is 230 g/mol. The molecule has 1 nitrogen and oxygen atoms in total. The van der Waals surface area contributed by atoms with Gasteiger partial charge in [0.25, 0.3) is 0 Å². The second kappa shape index (κ2) is 6.09. The summed E-state index contributed by atoms with van der Waals surface area (Å²) in [5, 5.41) is 3.76. The molecule has 2 rings (SSSR count). The monoisotopic (exact) mass is 259 g/mol. The van der Waals surface area contributed by atoms with E-state index in [9.17, 15) is 0 Å². The summed E-state index contributed by atoms with van der Waals surface area (Å²) in [5.41, 5.74) is 4.72. The standard InChI is InChI=1S/C18H29N/c1-14-8-9-17(12-15(14)2)16(3)19-13-18(4)10-6-5-7-11-18/h8-9,12,16,19H,5-7,10-11,13H2,1-4H3. The Bertz CT molecular complexity index is 416. The zero-order valence-corrected chi connectivity index (χ0v) is 13.1. The van der Waals surface area contributed by atoms with Crippen LogP contribution in [0.5, 0.6) is 0 Å². The van der Waals surface area contributed by atoms with Crippen LogP contribution in [0, 0.1) is 19.3 Å². The molecule has 1 atom stereocenters. The molecule has 0 aromatic heterocycles. The van der Waals surface area contributed by atoms with Gasteiger partial charge in [0.15, 0.2) is 0 Å². The number of benzene rings is 1. The van der Waals surface area contributed by atoms with Crippen LogP contribution < -0.4 is 5.32 Å². The number of nitrogens with one attached hydrogen (secondary N) is 1. The SMILES string of the molecule is Cc1ccc(C(C)NCC2(C)CCCCC2)cc1C. The molecule has 0 heterocycles. The summed E-state index contributed by atoms with van der Waals surface area (Å²) in [5.74, 6) is 0. The van der Waals surface area contributed by atoms with Crippen LogP contribution in [0.3, 0.4) is 0 Å². The fraction of sp³-hybridized carbons (Fsp3) is 0.667. The Labute approximate surface area is 118 Å². The smallest absolute Gasteiger partial charge is 0.0292 e. The van der Waals surface area contributed by atoms with Gasteiger partial charge in [0.05, 0.1) is 0 Å². The maximum absolute atomic E-state index is 3.76. The number of rotatable bonds is 4. The van der Waals surface area contributed by atoms with Gasteiger partial charge in [-0.15, -0.1) is 0 Å². The largest absolute Gasteiger partial charge is 0.310 e. The Kier molecular flexibility index (Phi) is 4.67. The summed E-state index contributed by atoms with van der Waals surface area (Å²) in [6, 6.07) is 7.29. The fourth-order valence-electron chi connectivity index (χ4n) is 3.13. The van der Waals surface area contributed by atoms with Crippen molar-refractivity contribution in [2.45, 2.75) is 65.8 Å². The second-order valence-corrected chi connectivity index (χ2v) is 6.82. The lowest BCUT2D eigenvalue weighted by Crippen LogP contribution is -2.35. The summed E-state index contributed by atoms with van der Waals surface area (Å²) in [4.78, 5) is 0. The van der Waals surface area contributed by atoms with Crippen LogP contribution in [-0.4, -0.2) is 6.54 Å². The molecule has 1 aliphatic carbocycles. The van der Waals surface area contributed by atoms with Gasteiger partial charge >= 0.3 is 0 Å². The van der Waals surface area contributed by atoms with Crippen LogP contribution in [0.15, 0.2) is 18.2 Å². The summed E-state index contributed by atoms with van der Waals surface area (Å²) < 4.78 is 0. The number of hydrogen-bond acceptors (Lipinski definition) is 1. The zero-order chi connectivity index (χ0) is 13.9. The van der Waals surface area contributed by atoms with E-state index < -0.39 is 0 Å². The third kappa shape index (κ3) is 3.82. The van der Waals surface area contributed by atoms with E-state index in [1.807, 2.05) is 0 Å². The highest BCUT2D eigenvalue weighted by atomic mass is 14.9. The van der Waals surface area contributed by atoms with Crippen molar-refractivity contribution in [2.75, 3.05) is 6.54 Å². The predicted molar refractivity (Wildman–Crippen MR) is 83.5 cm³/mol. The number of aryl methyl sites for hydroxylation is 2. The first-order valence-electron chi connectivity index (χ1n) is 7.81. The summed E-state index contributed by atoms with van der Waals surface area (Å²) >= 11 is 0. The molecule has 106 valence electrons. The summed E-state index contributed by atoms with van der Waals surface area (Å²) in [7, 11) is 0. The van der Waals surface area contributed by atoms with Crippen molar-refractivity contribution in [1.82, 2.24) is 5.32 Å². The van der Waals surface area contributed by atoms with Crippen molar-refractivity contribution in [1.29, 1.82) is 0 Å². The molecule has 0 spiro atoms. The average Bonchev–Trinajstić information content (AvgIpc) is 2.40. The minimum atomic E-state index is 0.457. The minimum Gasteiger partial charge on any atom is -0.310 e. The highest BCUT2D eigenvalue weighted by molar-refractivity contribution is 5.31. The molecule has 1 aromatic carbocycles. The van der Waals surface area contributed by atoms with Gasteiger partial charge < -0.3 is 5.32 Å². The van der Waals surface area contributed by atoms with Crippen molar-refractivity contribution in [2.24, 2.45) is 5.41 Å². The van der Waals surface area contributed by atoms with Gasteiger partial charge in [-0.3, -0.25) is 0 Å². The van der Waals surface area contributed by atoms with Crippen LogP contribution in [0.1, 0.15) is 68.7 Å². The molecule has 1 saturated carbocycles. The maximum Gasteiger partial charge on any atom is 0.0292 e. The first-order valence-corrected chi connectivity index (χ1v) is 7.81. The third-order valence-electron chi connectivity index (χ3n) is 4.93. The van der Waals surface area contributed by atoms with Crippen LogP contribution >= 0.6 is 0 Å². The van der Waals surface area contributed by atoms with Gasteiger partial charge in [0.2, 0.25) is 0 Å². The molecule has 1 aliphatic rings. The molecule has 19 heavy (non-hydrogen) atoms. The van der Waals surface area contributed by atoms with E-state index >= 15 is 0 Å². The molecular formula is C18H29N. The first-order chi connectivity index (χ1) is 9.00. The van der Waals surface area contributed by atoms with Crippen molar-refractivity contribution >= 4 is 0 Å². The van der Waals surface area contributed by atoms with Crippen molar-refractivity contribution in [3.8, 4) is 0 Å². The third-order valence-corrected chi connectivity index (χ3v) is 4.93. The quantitative estimate of drug-likeness (QED) is 0.809. The van der Waals surface area contributed by atoms with Gasteiger partial charge in [-0.2, -0.15) is 0 Å². The van der Waals surface area contributed by atoms with Crippen LogP contribution in [0.25, 0.3) is 0 Å². The van der Waals surface area contributed by atoms with Crippen molar-refractivity contribution in [3.05, 3.63) is 34.9 Å². The summed E-state index contributed by atoms with van der Waals surface area (Å²) in [6.07, 6.45) is 7.04. The van der Waals surface area contributed by atoms with Gasteiger partial charge in [-0.1, -0.05) is 44.4 Å². The van der Waals surface area contributed by atoms with E-state index in [2.05, 4.69) is 51.2 Å². The minimum absolute atomic E-state index is 0.457. The highest BCUT2D eigenvalue weighted by Gasteiger charge is 2.26. The lowest BCUT2D eigenvalue weighted by molar-refractivity contribution is 0.202. The van der Waals surface area contributed by atoms with Crippen LogP contribution in [-0.2, 0) is 0 Å². The normalized spacial score (nSPS) is 20.2. The van der Waals surface area contributed by atoms with E-state index in [-0.39, 0.29) is 0 Å². The van der Waals surface area contributed by atoms with E-state index in [0.717, 1.165) is 6.54 Å². The van der Waals surface area contributed by atoms with E-state index in [0.29, 0.717) is 11.5 Å². The van der Waals surface area contributed by atoms with Gasteiger partial charge in [0, 0.05) is 12.6 Å². The molecule has 1 fully saturated rings. The first kappa shape index (κ1) is 14.6. The van der Waals surface area contributed by atoms with Crippen LogP contribution in [0.4, 0.5) is 0 Å². The molecule has 1 N–H and O–H groups in total. The lowest BCUT2D eigenvalue weighted by Gasteiger charge is -2.35. The zero-order valence-electron chi connectivity index (χ0n) is 13.1. The Hall–Kier alpha value is -0.820. The maximum atomic E-state index is 3.76. The topological polar surface area (TPSA) is 12.0 Å². The molecule has 1 unspecified atom stereocenters. The van der Waals surface area contributed by atoms with E-state index in [4.69, 9.17) is 0 Å². The van der Waals surface area contributed by atoms with Gasteiger partial charge in [-0.05, 0) is 55.7 Å². The molecule has 0 amide bonds. The Morgan fingerprint density at radius 2 is 1.79 bits per heavy atom. The molecule has 1 aromatic rings. The highest BCUT2D eigenvalue weighted by Crippen LogP contribution is 2.35. The van der Waals surface area contributed by atoms with Crippen LogP contribution in [0.2, 0.25) is 0 Å². The van der Waals surface area contributed by atoms with Gasteiger partial charge in [-0.25, -0.2) is 0 Å². The van der Waals surface area contributed by atoms with E-state index in [1.54, 1.807) is 0 Å². The van der Waals surface area contributed by atoms with Gasteiger partial charge in [0.1, 0.15) is 0 Å². The number of hydrogen-bond donors (Lipinski definition) is 1.